The third-order valence-electron chi connectivity index (χ3n) is 5.61. The van der Waals surface area contributed by atoms with Gasteiger partial charge in [-0.15, -0.1) is 0 Å². The molecule has 1 unspecified atom stereocenters. The maximum absolute atomic E-state index is 5.55. The molecule has 0 bridgehead atoms. The molecule has 0 amide bonds. The van der Waals surface area contributed by atoms with Crippen LogP contribution in [0.4, 0.5) is 0 Å². The summed E-state index contributed by atoms with van der Waals surface area (Å²) in [5.74, 6) is 1.64. The lowest BCUT2D eigenvalue weighted by atomic mass is 9.76. The zero-order chi connectivity index (χ0) is 17.2. The molecule has 0 aromatic heterocycles. The molecule has 1 atom stereocenters. The van der Waals surface area contributed by atoms with Gasteiger partial charge in [0.05, 0.1) is 14.2 Å². The fraction of sp³-hybridized carbons (Fsp3) is 0.429. The van der Waals surface area contributed by atoms with Gasteiger partial charge in [0, 0.05) is 17.5 Å². The lowest BCUT2D eigenvalue weighted by molar-refractivity contribution is -0.760. The van der Waals surface area contributed by atoms with Gasteiger partial charge in [0.25, 0.3) is 0 Å². The quantitative estimate of drug-likeness (QED) is 0.913. The van der Waals surface area contributed by atoms with Crippen molar-refractivity contribution in [3.8, 4) is 11.5 Å². The molecule has 1 aliphatic rings. The largest absolute Gasteiger partial charge is 0.493 e. The van der Waals surface area contributed by atoms with Crippen molar-refractivity contribution in [2.24, 2.45) is 0 Å². The van der Waals surface area contributed by atoms with Gasteiger partial charge in [-0.2, -0.15) is 0 Å². The Kier molecular flexibility index (Phi) is 4.81. The van der Waals surface area contributed by atoms with Crippen molar-refractivity contribution >= 4 is 0 Å². The van der Waals surface area contributed by atoms with Crippen LogP contribution in [0, 0.1) is 0 Å². The fourth-order valence-electron chi connectivity index (χ4n) is 3.93. The second kappa shape index (κ2) is 6.86. The minimum atomic E-state index is 0.243. The predicted molar refractivity (Wildman–Crippen MR) is 96.8 cm³/mol. The van der Waals surface area contributed by atoms with Gasteiger partial charge < -0.3 is 14.8 Å². The molecule has 0 aliphatic carbocycles. The van der Waals surface area contributed by atoms with Gasteiger partial charge in [-0.05, 0) is 30.5 Å². The van der Waals surface area contributed by atoms with Gasteiger partial charge in [-0.3, -0.25) is 0 Å². The number of fused-ring (bicyclic) bond motifs is 1. The Morgan fingerprint density at radius 1 is 1.00 bits per heavy atom. The first-order chi connectivity index (χ1) is 11.7. The third kappa shape index (κ3) is 2.89. The SMILES string of the molecule is CCC1(CC)Cc2cc(OC)c(OC)cc2C(c2ccccc2)[NH2+]1. The standard InChI is InChI=1S/C21H27NO2/c1-5-21(6-2)14-16-12-18(23-3)19(24-4)13-17(16)20(22-21)15-10-8-7-9-11-15/h7-13,20,22H,5-6,14H2,1-4H3/p+1. The van der Waals surface area contributed by atoms with E-state index in [-0.39, 0.29) is 5.54 Å². The number of hydrogen-bond donors (Lipinski definition) is 1. The van der Waals surface area contributed by atoms with E-state index in [2.05, 4.69) is 61.6 Å². The molecular formula is C21H28NO2+. The second-order valence-electron chi connectivity index (χ2n) is 6.71. The normalized spacial score (nSPS) is 18.8. The molecule has 2 aromatic rings. The van der Waals surface area contributed by atoms with E-state index in [0.29, 0.717) is 6.04 Å². The maximum Gasteiger partial charge on any atom is 0.161 e. The highest BCUT2D eigenvalue weighted by Crippen LogP contribution is 2.38. The summed E-state index contributed by atoms with van der Waals surface area (Å²) < 4.78 is 11.1. The lowest BCUT2D eigenvalue weighted by Crippen LogP contribution is -2.99. The van der Waals surface area contributed by atoms with Crippen LogP contribution in [0.15, 0.2) is 42.5 Å². The molecule has 2 aromatic carbocycles. The van der Waals surface area contributed by atoms with E-state index in [9.17, 15) is 0 Å². The number of methoxy groups -OCH3 is 2. The summed E-state index contributed by atoms with van der Waals surface area (Å²) in [5.41, 5.74) is 4.31. The van der Waals surface area contributed by atoms with E-state index in [1.165, 1.54) is 16.7 Å². The molecule has 0 radical (unpaired) electrons. The summed E-state index contributed by atoms with van der Waals surface area (Å²) in [6.45, 7) is 4.60. The highest BCUT2D eigenvalue weighted by molar-refractivity contribution is 5.51. The molecule has 3 heteroatoms. The van der Waals surface area contributed by atoms with Gasteiger partial charge >= 0.3 is 0 Å². The van der Waals surface area contributed by atoms with Gasteiger partial charge in [-0.1, -0.05) is 44.2 Å². The second-order valence-corrected chi connectivity index (χ2v) is 6.71. The molecule has 0 spiro atoms. The number of nitrogens with two attached hydrogens (primary N) is 1. The molecule has 1 aliphatic heterocycles. The average molecular weight is 326 g/mol. The number of ether oxygens (including phenoxy) is 2. The minimum Gasteiger partial charge on any atom is -0.493 e. The Morgan fingerprint density at radius 3 is 2.21 bits per heavy atom. The lowest BCUT2D eigenvalue weighted by Gasteiger charge is -2.39. The highest BCUT2D eigenvalue weighted by Gasteiger charge is 2.41. The summed E-state index contributed by atoms with van der Waals surface area (Å²) in [6.07, 6.45) is 3.38. The van der Waals surface area contributed by atoms with Crippen molar-refractivity contribution < 1.29 is 14.8 Å². The Morgan fingerprint density at radius 2 is 1.62 bits per heavy atom. The van der Waals surface area contributed by atoms with Gasteiger partial charge in [-0.25, -0.2) is 0 Å². The number of benzene rings is 2. The van der Waals surface area contributed by atoms with Crippen LogP contribution in [0.5, 0.6) is 11.5 Å². The topological polar surface area (TPSA) is 35.1 Å². The van der Waals surface area contributed by atoms with E-state index >= 15 is 0 Å². The summed E-state index contributed by atoms with van der Waals surface area (Å²) in [4.78, 5) is 0. The van der Waals surface area contributed by atoms with E-state index in [0.717, 1.165) is 30.8 Å². The van der Waals surface area contributed by atoms with Crippen molar-refractivity contribution in [1.82, 2.24) is 0 Å². The van der Waals surface area contributed by atoms with Crippen LogP contribution in [0.3, 0.4) is 0 Å². The van der Waals surface area contributed by atoms with Crippen LogP contribution in [0.1, 0.15) is 49.4 Å². The van der Waals surface area contributed by atoms with Crippen LogP contribution in [0.2, 0.25) is 0 Å². The predicted octanol–water partition coefficient (Wildman–Crippen LogP) is 3.47. The van der Waals surface area contributed by atoms with E-state index in [4.69, 9.17) is 9.47 Å². The van der Waals surface area contributed by atoms with E-state index < -0.39 is 0 Å². The first-order valence-electron chi connectivity index (χ1n) is 8.82. The van der Waals surface area contributed by atoms with Crippen molar-refractivity contribution in [3.63, 3.8) is 0 Å². The highest BCUT2D eigenvalue weighted by atomic mass is 16.5. The minimum absolute atomic E-state index is 0.243. The zero-order valence-electron chi connectivity index (χ0n) is 15.1. The van der Waals surface area contributed by atoms with Gasteiger partial charge in [0.1, 0.15) is 11.6 Å². The monoisotopic (exact) mass is 326 g/mol. The molecular weight excluding hydrogens is 298 g/mol. The summed E-state index contributed by atoms with van der Waals surface area (Å²) in [6, 6.07) is 15.4. The van der Waals surface area contributed by atoms with Crippen LogP contribution in [-0.4, -0.2) is 19.8 Å². The van der Waals surface area contributed by atoms with Crippen LogP contribution < -0.4 is 14.8 Å². The van der Waals surface area contributed by atoms with E-state index in [1.54, 1.807) is 14.2 Å². The molecule has 24 heavy (non-hydrogen) atoms. The van der Waals surface area contributed by atoms with Crippen LogP contribution in [0.25, 0.3) is 0 Å². The van der Waals surface area contributed by atoms with Crippen molar-refractivity contribution in [3.05, 3.63) is 59.2 Å². The molecule has 1 heterocycles. The molecule has 0 saturated heterocycles. The molecule has 0 saturated carbocycles. The average Bonchev–Trinajstić information content (AvgIpc) is 2.66. The first-order valence-corrected chi connectivity index (χ1v) is 8.82. The molecule has 3 rings (SSSR count). The van der Waals surface area contributed by atoms with Crippen molar-refractivity contribution in [2.45, 2.75) is 44.7 Å². The third-order valence-corrected chi connectivity index (χ3v) is 5.61. The summed E-state index contributed by atoms with van der Waals surface area (Å²) in [5, 5.41) is 2.57. The zero-order valence-corrected chi connectivity index (χ0v) is 15.1. The molecule has 2 N–H and O–H groups in total. The maximum atomic E-state index is 5.55. The van der Waals surface area contributed by atoms with Crippen LogP contribution in [-0.2, 0) is 6.42 Å². The Balaban J connectivity index is 2.16. The Bertz CT molecular complexity index is 692. The summed E-state index contributed by atoms with van der Waals surface area (Å²) >= 11 is 0. The molecule has 128 valence electrons. The van der Waals surface area contributed by atoms with Gasteiger partial charge in [0.2, 0.25) is 0 Å². The smallest absolute Gasteiger partial charge is 0.161 e. The Hall–Kier alpha value is -2.00. The Labute approximate surface area is 145 Å². The van der Waals surface area contributed by atoms with Crippen LogP contribution >= 0.6 is 0 Å². The summed E-state index contributed by atoms with van der Waals surface area (Å²) in [7, 11) is 3.41. The van der Waals surface area contributed by atoms with Crippen molar-refractivity contribution in [2.75, 3.05) is 14.2 Å². The van der Waals surface area contributed by atoms with Crippen molar-refractivity contribution in [1.29, 1.82) is 0 Å². The molecule has 0 fully saturated rings. The molecule has 3 nitrogen and oxygen atoms in total. The fourth-order valence-corrected chi connectivity index (χ4v) is 3.93. The first kappa shape index (κ1) is 16.8. The number of hydrogen-bond acceptors (Lipinski definition) is 2. The van der Waals surface area contributed by atoms with Gasteiger partial charge in [0.15, 0.2) is 11.5 Å². The number of rotatable bonds is 5. The van der Waals surface area contributed by atoms with E-state index in [1.807, 2.05) is 0 Å². The number of quaternary nitrogens is 1.